The molecule has 0 amide bonds. The predicted octanol–water partition coefficient (Wildman–Crippen LogP) is 6.32. The van der Waals surface area contributed by atoms with Crippen LogP contribution in [0.4, 0.5) is 5.82 Å². The largest absolute Gasteiger partial charge is 0.383 e. The van der Waals surface area contributed by atoms with Gasteiger partial charge in [-0.15, -0.1) is 0 Å². The number of benzene rings is 3. The quantitative estimate of drug-likeness (QED) is 0.417. The van der Waals surface area contributed by atoms with Crippen LogP contribution in [0.3, 0.4) is 0 Å². The number of nitrogens with two attached hydrogens (primary N) is 1. The van der Waals surface area contributed by atoms with E-state index >= 15 is 0 Å². The lowest BCUT2D eigenvalue weighted by Gasteiger charge is -2.14. The van der Waals surface area contributed by atoms with Gasteiger partial charge >= 0.3 is 0 Å². The van der Waals surface area contributed by atoms with Crippen molar-refractivity contribution >= 4 is 5.82 Å². The number of nitrogen functional groups attached to an aromatic ring is 1. The van der Waals surface area contributed by atoms with Gasteiger partial charge < -0.3 is 5.73 Å². The number of aromatic nitrogens is 1. The molecule has 4 rings (SSSR count). The summed E-state index contributed by atoms with van der Waals surface area (Å²) in [5.74, 6) is 0.630. The van der Waals surface area contributed by atoms with E-state index in [1.54, 1.807) is 0 Å². The Hall–Kier alpha value is -3.39. The van der Waals surface area contributed by atoms with E-state index in [4.69, 9.17) is 5.73 Å². The summed E-state index contributed by atoms with van der Waals surface area (Å²) in [7, 11) is 0. The van der Waals surface area contributed by atoms with E-state index in [2.05, 4.69) is 97.7 Å². The third kappa shape index (κ3) is 4.44. The number of aryl methyl sites for hydroxylation is 3. The smallest absolute Gasteiger partial charge is 0.126 e. The van der Waals surface area contributed by atoms with Crippen LogP contribution in [0.1, 0.15) is 33.4 Å². The van der Waals surface area contributed by atoms with Gasteiger partial charge in [0.2, 0.25) is 0 Å². The fraction of sp³-hybridized carbons (Fsp3) is 0.179. The number of hydrogen-bond donors (Lipinski definition) is 1. The highest BCUT2D eigenvalue weighted by Gasteiger charge is 2.10. The molecule has 0 fully saturated rings. The van der Waals surface area contributed by atoms with Gasteiger partial charge in [-0.05, 0) is 78.1 Å². The second-order valence-electron chi connectivity index (χ2n) is 7.96. The molecular weight excluding hydrogens is 364 g/mol. The van der Waals surface area contributed by atoms with Crippen LogP contribution < -0.4 is 5.73 Å². The third-order valence-corrected chi connectivity index (χ3v) is 5.86. The summed E-state index contributed by atoms with van der Waals surface area (Å²) < 4.78 is 0. The zero-order chi connectivity index (χ0) is 20.9. The molecule has 0 atom stereocenters. The van der Waals surface area contributed by atoms with Crippen LogP contribution in [-0.4, -0.2) is 4.98 Å². The lowest BCUT2D eigenvalue weighted by Crippen LogP contribution is -2.03. The Bertz CT molecular complexity index is 1130. The molecule has 30 heavy (non-hydrogen) atoms. The molecule has 2 N–H and O–H groups in total. The summed E-state index contributed by atoms with van der Waals surface area (Å²) in [6.45, 7) is 4.36. The zero-order valence-corrected chi connectivity index (χ0v) is 17.7. The Kier molecular flexibility index (Phi) is 5.94. The number of rotatable bonds is 6. The Labute approximate surface area is 179 Å². The molecule has 0 spiro atoms. The summed E-state index contributed by atoms with van der Waals surface area (Å²) in [6.07, 6.45) is 4.67. The fourth-order valence-corrected chi connectivity index (χ4v) is 4.14. The van der Waals surface area contributed by atoms with E-state index in [-0.39, 0.29) is 0 Å². The fourth-order valence-electron chi connectivity index (χ4n) is 4.14. The van der Waals surface area contributed by atoms with Gasteiger partial charge in [0, 0.05) is 11.8 Å². The normalized spacial score (nSPS) is 10.9. The average molecular weight is 393 g/mol. The summed E-state index contributed by atoms with van der Waals surface area (Å²) in [6, 6.07) is 27.9. The van der Waals surface area contributed by atoms with Gasteiger partial charge in [-0.1, -0.05) is 72.8 Å². The van der Waals surface area contributed by atoms with Crippen LogP contribution in [0.2, 0.25) is 0 Å². The first kappa shape index (κ1) is 19.9. The van der Waals surface area contributed by atoms with Crippen LogP contribution in [0, 0.1) is 13.8 Å². The van der Waals surface area contributed by atoms with Crippen LogP contribution in [0.5, 0.6) is 0 Å². The molecule has 3 aromatic carbocycles. The highest BCUT2D eigenvalue weighted by Crippen LogP contribution is 2.28. The van der Waals surface area contributed by atoms with Crippen molar-refractivity contribution in [1.29, 1.82) is 0 Å². The van der Waals surface area contributed by atoms with Gasteiger partial charge in [-0.25, -0.2) is 4.98 Å². The molecule has 0 aliphatic rings. The Morgan fingerprint density at radius 3 is 2.20 bits per heavy atom. The highest BCUT2D eigenvalue weighted by molar-refractivity contribution is 5.69. The molecule has 2 heteroatoms. The highest BCUT2D eigenvalue weighted by atomic mass is 14.8. The molecule has 0 bridgehead atoms. The van der Waals surface area contributed by atoms with Crippen molar-refractivity contribution in [2.75, 3.05) is 5.73 Å². The molecule has 0 saturated carbocycles. The van der Waals surface area contributed by atoms with Crippen molar-refractivity contribution < 1.29 is 0 Å². The number of pyridine rings is 1. The summed E-state index contributed by atoms with van der Waals surface area (Å²) in [5, 5.41) is 0. The Balaban J connectivity index is 1.62. The van der Waals surface area contributed by atoms with Crippen molar-refractivity contribution in [3.05, 3.63) is 118 Å². The number of hydrogen-bond acceptors (Lipinski definition) is 2. The van der Waals surface area contributed by atoms with Crippen molar-refractivity contribution in [2.24, 2.45) is 0 Å². The summed E-state index contributed by atoms with van der Waals surface area (Å²) >= 11 is 0. The second-order valence-corrected chi connectivity index (χ2v) is 7.96. The lowest BCUT2D eigenvalue weighted by atomic mass is 9.93. The zero-order valence-electron chi connectivity index (χ0n) is 17.7. The topological polar surface area (TPSA) is 38.9 Å². The van der Waals surface area contributed by atoms with Gasteiger partial charge in [0.15, 0.2) is 0 Å². The number of anilines is 1. The molecule has 0 unspecified atom stereocenters. The SMILES string of the molecule is Cc1cccc(C)c1CCc1cc(-c2ccccc2Cc2ccccc2)cnc1N. The van der Waals surface area contributed by atoms with Gasteiger partial charge in [0.25, 0.3) is 0 Å². The van der Waals surface area contributed by atoms with E-state index in [1.807, 2.05) is 6.20 Å². The molecule has 0 saturated heterocycles. The minimum atomic E-state index is 0.630. The number of nitrogens with zero attached hydrogens (tertiary/aromatic N) is 1. The third-order valence-electron chi connectivity index (χ3n) is 5.86. The maximum Gasteiger partial charge on any atom is 0.126 e. The van der Waals surface area contributed by atoms with Crippen molar-refractivity contribution in [3.63, 3.8) is 0 Å². The predicted molar refractivity (Wildman–Crippen MR) is 127 cm³/mol. The van der Waals surface area contributed by atoms with Crippen LogP contribution in [0.15, 0.2) is 85.1 Å². The molecule has 2 nitrogen and oxygen atoms in total. The van der Waals surface area contributed by atoms with Crippen molar-refractivity contribution in [1.82, 2.24) is 4.98 Å². The Morgan fingerprint density at radius 2 is 1.43 bits per heavy atom. The molecule has 4 aromatic rings. The van der Waals surface area contributed by atoms with E-state index in [9.17, 15) is 0 Å². The van der Waals surface area contributed by atoms with Crippen LogP contribution >= 0.6 is 0 Å². The van der Waals surface area contributed by atoms with Crippen LogP contribution in [0.25, 0.3) is 11.1 Å². The van der Waals surface area contributed by atoms with Gasteiger partial charge in [0.1, 0.15) is 5.82 Å². The summed E-state index contributed by atoms with van der Waals surface area (Å²) in [4.78, 5) is 4.54. The minimum absolute atomic E-state index is 0.630. The van der Waals surface area contributed by atoms with Crippen molar-refractivity contribution in [3.8, 4) is 11.1 Å². The van der Waals surface area contributed by atoms with E-state index in [0.29, 0.717) is 5.82 Å². The standard InChI is InChI=1S/C28H28N2/c1-20-9-8-10-21(2)26(20)16-15-24-18-25(19-30-28(24)29)27-14-7-6-13-23(27)17-22-11-4-3-5-12-22/h3-14,18-19H,15-17H2,1-2H3,(H2,29,30). The van der Waals surface area contributed by atoms with Gasteiger partial charge in [-0.3, -0.25) is 0 Å². The maximum atomic E-state index is 6.26. The molecule has 1 aromatic heterocycles. The lowest BCUT2D eigenvalue weighted by molar-refractivity contribution is 0.933. The molecular formula is C28H28N2. The first-order chi connectivity index (χ1) is 14.6. The monoisotopic (exact) mass is 392 g/mol. The summed E-state index contributed by atoms with van der Waals surface area (Å²) in [5.41, 5.74) is 16.4. The van der Waals surface area contributed by atoms with E-state index in [1.165, 1.54) is 33.4 Å². The van der Waals surface area contributed by atoms with Crippen LogP contribution in [-0.2, 0) is 19.3 Å². The molecule has 1 heterocycles. The first-order valence-electron chi connectivity index (χ1n) is 10.5. The van der Waals surface area contributed by atoms with E-state index in [0.717, 1.165) is 30.4 Å². The molecule has 0 aliphatic carbocycles. The second kappa shape index (κ2) is 8.96. The van der Waals surface area contributed by atoms with Crippen molar-refractivity contribution in [2.45, 2.75) is 33.1 Å². The first-order valence-corrected chi connectivity index (χ1v) is 10.5. The van der Waals surface area contributed by atoms with Gasteiger partial charge in [0.05, 0.1) is 0 Å². The minimum Gasteiger partial charge on any atom is -0.383 e. The molecule has 0 radical (unpaired) electrons. The molecule has 150 valence electrons. The average Bonchev–Trinajstić information content (AvgIpc) is 2.76. The maximum absolute atomic E-state index is 6.26. The molecule has 0 aliphatic heterocycles. The Morgan fingerprint density at radius 1 is 0.733 bits per heavy atom. The van der Waals surface area contributed by atoms with E-state index < -0.39 is 0 Å². The van der Waals surface area contributed by atoms with Gasteiger partial charge in [-0.2, -0.15) is 0 Å².